The Hall–Kier alpha value is -2.70. The van der Waals surface area contributed by atoms with Crippen LogP contribution in [0.1, 0.15) is 74.9 Å². The molecule has 0 aliphatic rings. The molecule has 0 aliphatic carbocycles. The number of aromatic nitrogens is 5. The molecule has 3 heterocycles. The highest BCUT2D eigenvalue weighted by Gasteiger charge is 2.23. The number of hydrogen-bond donors (Lipinski definition) is 1. The van der Waals surface area contributed by atoms with Crippen LogP contribution in [0.5, 0.6) is 0 Å². The van der Waals surface area contributed by atoms with Crippen LogP contribution in [-0.4, -0.2) is 30.3 Å². The molecule has 0 fully saturated rings. The van der Waals surface area contributed by atoms with Crippen molar-refractivity contribution < 1.29 is 4.79 Å². The van der Waals surface area contributed by atoms with Gasteiger partial charge in [-0.2, -0.15) is 5.10 Å². The quantitative estimate of drug-likeness (QED) is 0.691. The molecule has 27 heavy (non-hydrogen) atoms. The van der Waals surface area contributed by atoms with Crippen molar-refractivity contribution in [3.63, 3.8) is 0 Å². The molecule has 0 unspecified atom stereocenters. The molecule has 0 aromatic carbocycles. The molecular formula is C20H28N6O. The maximum absolute atomic E-state index is 12.9. The number of aryl methyl sites for hydroxylation is 1. The molecule has 0 radical (unpaired) electrons. The smallest absolute Gasteiger partial charge is 0.255 e. The molecule has 1 amide bonds. The number of carbonyl (C=O) groups excluding carboxylic acids is 1. The molecule has 7 heteroatoms. The minimum Gasteiger partial charge on any atom is -0.342 e. The highest BCUT2D eigenvalue weighted by molar-refractivity contribution is 5.95. The van der Waals surface area contributed by atoms with E-state index < -0.39 is 0 Å². The van der Waals surface area contributed by atoms with E-state index >= 15 is 0 Å². The second-order valence-electron chi connectivity index (χ2n) is 7.69. The van der Waals surface area contributed by atoms with Crippen molar-refractivity contribution in [1.29, 1.82) is 0 Å². The normalized spacial score (nSPS) is 12.9. The molecule has 0 bridgehead atoms. The zero-order chi connectivity index (χ0) is 19.6. The Labute approximate surface area is 159 Å². The van der Waals surface area contributed by atoms with Gasteiger partial charge in [0.1, 0.15) is 0 Å². The lowest BCUT2D eigenvalue weighted by Crippen LogP contribution is -2.29. The Bertz CT molecular complexity index is 924. The van der Waals surface area contributed by atoms with E-state index in [-0.39, 0.29) is 17.9 Å². The summed E-state index contributed by atoms with van der Waals surface area (Å²) >= 11 is 0. The lowest BCUT2D eigenvalue weighted by Gasteiger charge is -2.16. The van der Waals surface area contributed by atoms with Crippen LogP contribution >= 0.6 is 0 Å². The monoisotopic (exact) mass is 368 g/mol. The number of carbonyl (C=O) groups is 1. The van der Waals surface area contributed by atoms with Gasteiger partial charge in [-0.25, -0.2) is 0 Å². The number of pyridine rings is 1. The van der Waals surface area contributed by atoms with Gasteiger partial charge in [0.15, 0.2) is 11.5 Å². The first-order valence-corrected chi connectivity index (χ1v) is 9.54. The highest BCUT2D eigenvalue weighted by atomic mass is 16.1. The Kier molecular flexibility index (Phi) is 5.58. The molecule has 0 aliphatic heterocycles. The van der Waals surface area contributed by atoms with Crippen molar-refractivity contribution in [2.45, 2.75) is 59.5 Å². The van der Waals surface area contributed by atoms with Crippen molar-refractivity contribution >= 4 is 11.6 Å². The Morgan fingerprint density at radius 1 is 1.15 bits per heavy atom. The van der Waals surface area contributed by atoms with Crippen LogP contribution in [-0.2, 0) is 6.54 Å². The number of fused-ring (bicyclic) bond motifs is 1. The average molecular weight is 368 g/mol. The lowest BCUT2D eigenvalue weighted by molar-refractivity contribution is 0.0936. The molecule has 3 aromatic heterocycles. The van der Waals surface area contributed by atoms with Gasteiger partial charge in [0, 0.05) is 12.7 Å². The summed E-state index contributed by atoms with van der Waals surface area (Å²) in [6.45, 7) is 11.3. The fourth-order valence-corrected chi connectivity index (χ4v) is 3.23. The SMILES string of the molecule is CC(C)CCn1ncc(C(=O)N[C@@H](C)c2nnc3ccccn23)c1C(C)C. The van der Waals surface area contributed by atoms with Crippen molar-refractivity contribution in [3.05, 3.63) is 47.7 Å². The predicted molar refractivity (Wildman–Crippen MR) is 105 cm³/mol. The van der Waals surface area contributed by atoms with Gasteiger partial charge in [-0.1, -0.05) is 33.8 Å². The van der Waals surface area contributed by atoms with Gasteiger partial charge < -0.3 is 5.32 Å². The number of hydrogen-bond acceptors (Lipinski definition) is 4. The molecule has 0 saturated heterocycles. The van der Waals surface area contributed by atoms with Crippen LogP contribution in [0, 0.1) is 5.92 Å². The Balaban J connectivity index is 1.81. The summed E-state index contributed by atoms with van der Waals surface area (Å²) in [6.07, 6.45) is 4.61. The van der Waals surface area contributed by atoms with Crippen LogP contribution in [0.15, 0.2) is 30.6 Å². The third kappa shape index (κ3) is 4.02. The summed E-state index contributed by atoms with van der Waals surface area (Å²) < 4.78 is 3.86. The van der Waals surface area contributed by atoms with Crippen LogP contribution in [0.2, 0.25) is 0 Å². The number of nitrogens with one attached hydrogen (secondary N) is 1. The van der Waals surface area contributed by atoms with Gasteiger partial charge in [-0.3, -0.25) is 13.9 Å². The summed E-state index contributed by atoms with van der Waals surface area (Å²) in [5.74, 6) is 1.38. The van der Waals surface area contributed by atoms with E-state index in [1.165, 1.54) is 0 Å². The number of amides is 1. The van der Waals surface area contributed by atoms with E-state index in [4.69, 9.17) is 0 Å². The summed E-state index contributed by atoms with van der Waals surface area (Å²) in [5, 5.41) is 15.9. The van der Waals surface area contributed by atoms with Gasteiger partial charge in [-0.05, 0) is 37.3 Å². The lowest BCUT2D eigenvalue weighted by atomic mass is 10.0. The molecule has 144 valence electrons. The van der Waals surface area contributed by atoms with E-state index in [2.05, 4.69) is 48.3 Å². The van der Waals surface area contributed by atoms with Gasteiger partial charge in [0.05, 0.1) is 23.5 Å². The first-order chi connectivity index (χ1) is 12.9. The molecule has 1 atom stereocenters. The third-order valence-corrected chi connectivity index (χ3v) is 4.67. The maximum atomic E-state index is 12.9. The summed E-state index contributed by atoms with van der Waals surface area (Å²) in [6, 6.07) is 5.45. The molecule has 3 rings (SSSR count). The van der Waals surface area contributed by atoms with Gasteiger partial charge in [0.25, 0.3) is 5.91 Å². The molecule has 0 spiro atoms. The second-order valence-corrected chi connectivity index (χ2v) is 7.69. The summed E-state index contributed by atoms with van der Waals surface area (Å²) in [7, 11) is 0. The number of rotatable bonds is 7. The second kappa shape index (κ2) is 7.90. The maximum Gasteiger partial charge on any atom is 0.255 e. The Morgan fingerprint density at radius 2 is 1.93 bits per heavy atom. The van der Waals surface area contributed by atoms with E-state index in [1.807, 2.05) is 40.4 Å². The minimum atomic E-state index is -0.270. The highest BCUT2D eigenvalue weighted by Crippen LogP contribution is 2.22. The molecule has 0 saturated carbocycles. The summed E-state index contributed by atoms with van der Waals surface area (Å²) in [4.78, 5) is 12.9. The minimum absolute atomic E-state index is 0.130. The first kappa shape index (κ1) is 19.1. The van der Waals surface area contributed by atoms with E-state index in [0.717, 1.165) is 24.3 Å². The topological polar surface area (TPSA) is 77.1 Å². The molecular weight excluding hydrogens is 340 g/mol. The van der Waals surface area contributed by atoms with Crippen LogP contribution in [0.25, 0.3) is 5.65 Å². The predicted octanol–water partition coefficient (Wildman–Crippen LogP) is 3.59. The van der Waals surface area contributed by atoms with Crippen molar-refractivity contribution in [2.24, 2.45) is 5.92 Å². The zero-order valence-electron chi connectivity index (χ0n) is 16.7. The van der Waals surface area contributed by atoms with Crippen molar-refractivity contribution in [1.82, 2.24) is 29.7 Å². The van der Waals surface area contributed by atoms with E-state index in [0.29, 0.717) is 17.3 Å². The first-order valence-electron chi connectivity index (χ1n) is 9.54. The molecule has 7 nitrogen and oxygen atoms in total. The van der Waals surface area contributed by atoms with E-state index in [1.54, 1.807) is 6.20 Å². The fraction of sp³-hybridized carbons (Fsp3) is 0.500. The van der Waals surface area contributed by atoms with Gasteiger partial charge in [-0.15, -0.1) is 10.2 Å². The fourth-order valence-electron chi connectivity index (χ4n) is 3.23. The van der Waals surface area contributed by atoms with Crippen molar-refractivity contribution in [2.75, 3.05) is 0 Å². The Morgan fingerprint density at radius 3 is 2.63 bits per heavy atom. The van der Waals surface area contributed by atoms with Crippen LogP contribution < -0.4 is 5.32 Å². The molecule has 3 aromatic rings. The summed E-state index contributed by atoms with van der Waals surface area (Å²) in [5.41, 5.74) is 2.37. The van der Waals surface area contributed by atoms with Gasteiger partial charge >= 0.3 is 0 Å². The zero-order valence-corrected chi connectivity index (χ0v) is 16.7. The van der Waals surface area contributed by atoms with Crippen LogP contribution in [0.3, 0.4) is 0 Å². The largest absolute Gasteiger partial charge is 0.342 e. The van der Waals surface area contributed by atoms with Crippen molar-refractivity contribution in [3.8, 4) is 0 Å². The standard InChI is InChI=1S/C20H28N6O/c1-13(2)9-11-26-18(14(3)4)16(12-21-26)20(27)22-15(5)19-24-23-17-8-6-7-10-25(17)19/h6-8,10,12-15H,9,11H2,1-5H3,(H,22,27)/t15-/m0/s1. The van der Waals surface area contributed by atoms with Crippen LogP contribution in [0.4, 0.5) is 0 Å². The number of nitrogens with zero attached hydrogens (tertiary/aromatic N) is 5. The average Bonchev–Trinajstić information content (AvgIpc) is 3.24. The van der Waals surface area contributed by atoms with Gasteiger partial charge in [0.2, 0.25) is 0 Å². The van der Waals surface area contributed by atoms with E-state index in [9.17, 15) is 4.79 Å². The third-order valence-electron chi connectivity index (χ3n) is 4.67. The molecule has 1 N–H and O–H groups in total.